The van der Waals surface area contributed by atoms with Crippen molar-refractivity contribution in [1.29, 1.82) is 0 Å². The molecular weight excluding hydrogens is 238 g/mol. The lowest BCUT2D eigenvalue weighted by Gasteiger charge is -2.21. The third-order valence-corrected chi connectivity index (χ3v) is 4.86. The second kappa shape index (κ2) is 4.99. The monoisotopic (exact) mass is 261 g/mol. The fraction of sp³-hybridized carbons (Fsp3) is 0.733. The van der Waals surface area contributed by atoms with E-state index < -0.39 is 0 Å². The van der Waals surface area contributed by atoms with Gasteiger partial charge in [0.05, 0.1) is 11.7 Å². The molecule has 1 saturated carbocycles. The summed E-state index contributed by atoms with van der Waals surface area (Å²) in [6, 6.07) is 0.168. The summed E-state index contributed by atoms with van der Waals surface area (Å²) < 4.78 is 0. The highest BCUT2D eigenvalue weighted by Crippen LogP contribution is 2.39. The molecule has 1 atom stereocenters. The molecule has 4 nitrogen and oxygen atoms in total. The number of H-pyrrole nitrogens is 1. The van der Waals surface area contributed by atoms with Gasteiger partial charge in [0.1, 0.15) is 5.69 Å². The Kier molecular flexibility index (Phi) is 3.33. The second-order valence-electron chi connectivity index (χ2n) is 6.03. The van der Waals surface area contributed by atoms with Gasteiger partial charge in [-0.15, -0.1) is 0 Å². The standard InChI is InChI=1S/C15H23N3O/c1-10-12-13(11-8-6-4-3-5-7-9-11)16-17-14(12)15(19)18(10)2/h10-11H,3-9H2,1-2H3,(H,16,17). The summed E-state index contributed by atoms with van der Waals surface area (Å²) in [5, 5.41) is 7.49. The Morgan fingerprint density at radius 3 is 2.47 bits per heavy atom. The Labute approximate surface area is 114 Å². The zero-order chi connectivity index (χ0) is 13.4. The molecule has 1 aromatic heterocycles. The number of carbonyl (C=O) groups is 1. The molecule has 0 aromatic carbocycles. The Balaban J connectivity index is 1.90. The van der Waals surface area contributed by atoms with Crippen molar-refractivity contribution in [2.45, 2.75) is 63.8 Å². The van der Waals surface area contributed by atoms with Gasteiger partial charge in [-0.2, -0.15) is 5.10 Å². The fourth-order valence-electron chi connectivity index (χ4n) is 3.54. The van der Waals surface area contributed by atoms with Crippen molar-refractivity contribution in [3.8, 4) is 0 Å². The van der Waals surface area contributed by atoms with E-state index in [-0.39, 0.29) is 11.9 Å². The van der Waals surface area contributed by atoms with Gasteiger partial charge in [0.25, 0.3) is 5.91 Å². The van der Waals surface area contributed by atoms with Gasteiger partial charge >= 0.3 is 0 Å². The number of aromatic amines is 1. The summed E-state index contributed by atoms with van der Waals surface area (Å²) in [6.07, 6.45) is 9.11. The van der Waals surface area contributed by atoms with Gasteiger partial charge in [0, 0.05) is 18.5 Å². The van der Waals surface area contributed by atoms with Crippen LogP contribution < -0.4 is 0 Å². The first kappa shape index (κ1) is 12.7. The topological polar surface area (TPSA) is 49.0 Å². The van der Waals surface area contributed by atoms with E-state index in [0.29, 0.717) is 5.92 Å². The minimum Gasteiger partial charge on any atom is -0.333 e. The van der Waals surface area contributed by atoms with Gasteiger partial charge in [-0.25, -0.2) is 0 Å². The van der Waals surface area contributed by atoms with Crippen LogP contribution in [0.5, 0.6) is 0 Å². The van der Waals surface area contributed by atoms with Crippen LogP contribution in [-0.4, -0.2) is 28.1 Å². The number of rotatable bonds is 1. The van der Waals surface area contributed by atoms with E-state index in [1.807, 2.05) is 11.9 Å². The molecule has 4 heteroatoms. The van der Waals surface area contributed by atoms with Crippen molar-refractivity contribution >= 4 is 5.91 Å². The van der Waals surface area contributed by atoms with Gasteiger partial charge < -0.3 is 4.90 Å². The number of carbonyl (C=O) groups excluding carboxylic acids is 1. The third kappa shape index (κ3) is 2.07. The van der Waals surface area contributed by atoms with E-state index in [9.17, 15) is 4.79 Å². The van der Waals surface area contributed by atoms with Crippen molar-refractivity contribution in [2.75, 3.05) is 7.05 Å². The molecule has 0 saturated heterocycles. The Bertz CT molecular complexity index is 472. The zero-order valence-electron chi connectivity index (χ0n) is 11.9. The molecule has 1 amide bonds. The molecular formula is C15H23N3O. The summed E-state index contributed by atoms with van der Waals surface area (Å²) >= 11 is 0. The third-order valence-electron chi connectivity index (χ3n) is 4.86. The second-order valence-corrected chi connectivity index (χ2v) is 6.03. The van der Waals surface area contributed by atoms with Crippen LogP contribution in [0.1, 0.15) is 85.6 Å². The molecule has 1 aliphatic carbocycles. The number of fused-ring (bicyclic) bond motifs is 1. The van der Waals surface area contributed by atoms with Crippen LogP contribution in [0.15, 0.2) is 0 Å². The Morgan fingerprint density at radius 1 is 1.16 bits per heavy atom. The molecule has 19 heavy (non-hydrogen) atoms. The van der Waals surface area contributed by atoms with Gasteiger partial charge in [-0.05, 0) is 19.8 Å². The number of amides is 1. The molecule has 104 valence electrons. The summed E-state index contributed by atoms with van der Waals surface area (Å²) in [6.45, 7) is 2.10. The highest BCUT2D eigenvalue weighted by molar-refractivity contribution is 5.97. The van der Waals surface area contributed by atoms with Crippen LogP contribution in [0, 0.1) is 0 Å². The number of aromatic nitrogens is 2. The molecule has 0 spiro atoms. The Morgan fingerprint density at radius 2 is 1.79 bits per heavy atom. The maximum atomic E-state index is 12.1. The van der Waals surface area contributed by atoms with Crippen molar-refractivity contribution in [2.24, 2.45) is 0 Å². The lowest BCUT2D eigenvalue weighted by molar-refractivity contribution is 0.0777. The van der Waals surface area contributed by atoms with E-state index >= 15 is 0 Å². The quantitative estimate of drug-likeness (QED) is 0.842. The minimum absolute atomic E-state index is 0.0899. The molecule has 1 aliphatic heterocycles. The predicted molar refractivity (Wildman–Crippen MR) is 74.2 cm³/mol. The van der Waals surface area contributed by atoms with Crippen molar-refractivity contribution in [3.05, 3.63) is 17.0 Å². The van der Waals surface area contributed by atoms with Crippen LogP contribution in [-0.2, 0) is 0 Å². The average Bonchev–Trinajstić information content (AvgIpc) is 2.87. The van der Waals surface area contributed by atoms with E-state index in [0.717, 1.165) is 11.3 Å². The minimum atomic E-state index is 0.0899. The van der Waals surface area contributed by atoms with Gasteiger partial charge in [0.15, 0.2) is 0 Å². The summed E-state index contributed by atoms with van der Waals surface area (Å²) in [7, 11) is 1.88. The lowest BCUT2D eigenvalue weighted by atomic mass is 9.86. The summed E-state index contributed by atoms with van der Waals surface area (Å²) in [4.78, 5) is 13.9. The van der Waals surface area contributed by atoms with E-state index in [1.54, 1.807) is 0 Å². The molecule has 3 rings (SSSR count). The Hall–Kier alpha value is -1.32. The highest BCUT2D eigenvalue weighted by Gasteiger charge is 2.37. The maximum Gasteiger partial charge on any atom is 0.272 e. The SMILES string of the molecule is CC1c2c(C3CCCCCCC3)n[nH]c2C(=O)N1C. The average molecular weight is 261 g/mol. The largest absolute Gasteiger partial charge is 0.333 e. The number of nitrogens with one attached hydrogen (secondary N) is 1. The van der Waals surface area contributed by atoms with Crippen LogP contribution in [0.25, 0.3) is 0 Å². The van der Waals surface area contributed by atoms with Crippen molar-refractivity contribution in [1.82, 2.24) is 15.1 Å². The highest BCUT2D eigenvalue weighted by atomic mass is 16.2. The van der Waals surface area contributed by atoms with Gasteiger partial charge in [-0.3, -0.25) is 9.89 Å². The van der Waals surface area contributed by atoms with Gasteiger partial charge in [0.2, 0.25) is 0 Å². The fourth-order valence-corrected chi connectivity index (χ4v) is 3.54. The van der Waals surface area contributed by atoms with E-state index in [2.05, 4.69) is 17.1 Å². The maximum absolute atomic E-state index is 12.1. The van der Waals surface area contributed by atoms with E-state index in [1.165, 1.54) is 50.6 Å². The first-order valence-corrected chi connectivity index (χ1v) is 7.55. The molecule has 0 radical (unpaired) electrons. The summed E-state index contributed by atoms with van der Waals surface area (Å²) in [5.74, 6) is 0.633. The summed E-state index contributed by atoms with van der Waals surface area (Å²) in [5.41, 5.74) is 3.06. The normalized spacial score (nSPS) is 25.3. The molecule has 1 fully saturated rings. The van der Waals surface area contributed by atoms with Crippen LogP contribution in [0.4, 0.5) is 0 Å². The molecule has 0 bridgehead atoms. The zero-order valence-corrected chi connectivity index (χ0v) is 11.9. The number of hydrogen-bond donors (Lipinski definition) is 1. The number of hydrogen-bond acceptors (Lipinski definition) is 2. The van der Waals surface area contributed by atoms with Crippen LogP contribution in [0.3, 0.4) is 0 Å². The molecule has 1 unspecified atom stereocenters. The van der Waals surface area contributed by atoms with E-state index in [4.69, 9.17) is 0 Å². The van der Waals surface area contributed by atoms with Crippen molar-refractivity contribution in [3.63, 3.8) is 0 Å². The van der Waals surface area contributed by atoms with Crippen LogP contribution >= 0.6 is 0 Å². The predicted octanol–water partition coefficient (Wildman–Crippen LogP) is 3.38. The number of nitrogens with zero attached hydrogens (tertiary/aromatic N) is 2. The van der Waals surface area contributed by atoms with Crippen molar-refractivity contribution < 1.29 is 4.79 Å². The first-order chi connectivity index (χ1) is 9.20. The molecule has 2 aliphatic rings. The smallest absolute Gasteiger partial charge is 0.272 e. The molecule has 1 aromatic rings. The molecule has 1 N–H and O–H groups in total. The van der Waals surface area contributed by atoms with Crippen LogP contribution in [0.2, 0.25) is 0 Å². The molecule has 2 heterocycles. The lowest BCUT2D eigenvalue weighted by Crippen LogP contribution is -2.22. The first-order valence-electron chi connectivity index (χ1n) is 7.55. The van der Waals surface area contributed by atoms with Gasteiger partial charge in [-0.1, -0.05) is 32.1 Å².